The van der Waals surface area contributed by atoms with Gasteiger partial charge in [-0.2, -0.15) is 0 Å². The molecule has 14 heavy (non-hydrogen) atoms. The SMILES string of the molecule is CC(C)(C)OC(=O)c1cc(F)ccn1. The van der Waals surface area contributed by atoms with E-state index in [1.807, 2.05) is 0 Å². The van der Waals surface area contributed by atoms with Crippen LogP contribution in [0.1, 0.15) is 31.3 Å². The van der Waals surface area contributed by atoms with Gasteiger partial charge in [-0.25, -0.2) is 14.2 Å². The molecule has 0 atom stereocenters. The minimum absolute atomic E-state index is 0.0140. The second-order valence-electron chi connectivity index (χ2n) is 3.86. The first-order valence-corrected chi connectivity index (χ1v) is 4.23. The molecule has 76 valence electrons. The van der Waals surface area contributed by atoms with Crippen LogP contribution in [0.15, 0.2) is 18.3 Å². The average molecular weight is 197 g/mol. The summed E-state index contributed by atoms with van der Waals surface area (Å²) in [5.41, 5.74) is -0.606. The van der Waals surface area contributed by atoms with E-state index < -0.39 is 17.4 Å². The summed E-state index contributed by atoms with van der Waals surface area (Å²) < 4.78 is 17.7. The number of esters is 1. The summed E-state index contributed by atoms with van der Waals surface area (Å²) in [6.45, 7) is 5.22. The van der Waals surface area contributed by atoms with Gasteiger partial charge in [0.1, 0.15) is 11.4 Å². The van der Waals surface area contributed by atoms with Crippen molar-refractivity contribution in [3.8, 4) is 0 Å². The molecule has 0 fully saturated rings. The molecule has 1 aromatic heterocycles. The number of aromatic nitrogens is 1. The molecular weight excluding hydrogens is 185 g/mol. The summed E-state index contributed by atoms with van der Waals surface area (Å²) in [4.78, 5) is 15.1. The molecule has 0 radical (unpaired) electrons. The molecule has 0 spiro atoms. The van der Waals surface area contributed by atoms with Crippen molar-refractivity contribution in [3.05, 3.63) is 29.8 Å². The predicted molar refractivity (Wildman–Crippen MR) is 49.4 cm³/mol. The lowest BCUT2D eigenvalue weighted by atomic mass is 10.2. The van der Waals surface area contributed by atoms with Crippen LogP contribution in [0.25, 0.3) is 0 Å². The third kappa shape index (κ3) is 3.12. The van der Waals surface area contributed by atoms with E-state index >= 15 is 0 Å². The maximum Gasteiger partial charge on any atom is 0.357 e. The Morgan fingerprint density at radius 2 is 2.14 bits per heavy atom. The molecule has 0 saturated carbocycles. The van der Waals surface area contributed by atoms with Crippen molar-refractivity contribution in [3.63, 3.8) is 0 Å². The van der Waals surface area contributed by atoms with Gasteiger partial charge in [0.05, 0.1) is 0 Å². The molecule has 1 aromatic rings. The zero-order valence-electron chi connectivity index (χ0n) is 8.37. The quantitative estimate of drug-likeness (QED) is 0.648. The highest BCUT2D eigenvalue weighted by molar-refractivity contribution is 5.87. The highest BCUT2D eigenvalue weighted by Crippen LogP contribution is 2.10. The lowest BCUT2D eigenvalue weighted by molar-refractivity contribution is 0.00623. The van der Waals surface area contributed by atoms with Gasteiger partial charge in [-0.15, -0.1) is 0 Å². The zero-order chi connectivity index (χ0) is 10.8. The summed E-state index contributed by atoms with van der Waals surface area (Å²) in [6, 6.07) is 2.22. The molecule has 1 rings (SSSR count). The topological polar surface area (TPSA) is 39.2 Å². The molecule has 0 saturated heterocycles. The fourth-order valence-electron chi connectivity index (χ4n) is 0.847. The van der Waals surface area contributed by atoms with Gasteiger partial charge in [0, 0.05) is 12.3 Å². The van der Waals surface area contributed by atoms with Crippen LogP contribution < -0.4 is 0 Å². The van der Waals surface area contributed by atoms with E-state index in [9.17, 15) is 9.18 Å². The summed E-state index contributed by atoms with van der Waals surface area (Å²) in [5.74, 6) is -1.11. The standard InChI is InChI=1S/C10H12FNO2/c1-10(2,3)14-9(13)8-6-7(11)4-5-12-8/h4-6H,1-3H3. The van der Waals surface area contributed by atoms with E-state index in [1.165, 1.54) is 12.3 Å². The van der Waals surface area contributed by atoms with Crippen LogP contribution in [-0.2, 0) is 4.74 Å². The number of rotatable bonds is 1. The minimum atomic E-state index is -0.614. The Morgan fingerprint density at radius 1 is 1.50 bits per heavy atom. The van der Waals surface area contributed by atoms with Crippen molar-refractivity contribution in [1.29, 1.82) is 0 Å². The summed E-state index contributed by atoms with van der Waals surface area (Å²) in [6.07, 6.45) is 1.23. The molecule has 0 bridgehead atoms. The smallest absolute Gasteiger partial charge is 0.357 e. The monoisotopic (exact) mass is 197 g/mol. The number of hydrogen-bond donors (Lipinski definition) is 0. The first-order valence-electron chi connectivity index (χ1n) is 4.23. The van der Waals surface area contributed by atoms with Crippen molar-refractivity contribution in [2.24, 2.45) is 0 Å². The third-order valence-corrected chi connectivity index (χ3v) is 1.33. The van der Waals surface area contributed by atoms with Gasteiger partial charge >= 0.3 is 5.97 Å². The Kier molecular flexibility index (Phi) is 2.84. The lowest BCUT2D eigenvalue weighted by Crippen LogP contribution is -2.24. The second kappa shape index (κ2) is 3.74. The summed E-state index contributed by atoms with van der Waals surface area (Å²) in [7, 11) is 0. The molecule has 0 N–H and O–H groups in total. The van der Waals surface area contributed by atoms with Gasteiger partial charge in [-0.3, -0.25) is 0 Å². The van der Waals surface area contributed by atoms with Gasteiger partial charge in [-0.05, 0) is 26.8 Å². The van der Waals surface area contributed by atoms with Crippen molar-refractivity contribution in [2.75, 3.05) is 0 Å². The normalized spacial score (nSPS) is 11.1. The van der Waals surface area contributed by atoms with Gasteiger partial charge in [0.15, 0.2) is 5.69 Å². The third-order valence-electron chi connectivity index (χ3n) is 1.33. The fraction of sp³-hybridized carbons (Fsp3) is 0.400. The van der Waals surface area contributed by atoms with Gasteiger partial charge in [-0.1, -0.05) is 0 Å². The number of hydrogen-bond acceptors (Lipinski definition) is 3. The van der Waals surface area contributed by atoms with Crippen LogP contribution in [0.3, 0.4) is 0 Å². The molecule has 0 aliphatic carbocycles. The largest absolute Gasteiger partial charge is 0.455 e. The molecule has 1 heterocycles. The highest BCUT2D eigenvalue weighted by Gasteiger charge is 2.18. The Hall–Kier alpha value is -1.45. The fourth-order valence-corrected chi connectivity index (χ4v) is 0.847. The van der Waals surface area contributed by atoms with Crippen LogP contribution in [0.5, 0.6) is 0 Å². The maximum atomic E-state index is 12.7. The van der Waals surface area contributed by atoms with Crippen LogP contribution in [-0.4, -0.2) is 16.6 Å². The van der Waals surface area contributed by atoms with Crippen molar-refractivity contribution in [1.82, 2.24) is 4.98 Å². The summed E-state index contributed by atoms with van der Waals surface area (Å²) >= 11 is 0. The van der Waals surface area contributed by atoms with E-state index in [1.54, 1.807) is 20.8 Å². The Bertz CT molecular complexity index is 344. The van der Waals surface area contributed by atoms with E-state index in [4.69, 9.17) is 4.74 Å². The van der Waals surface area contributed by atoms with Crippen LogP contribution in [0.4, 0.5) is 4.39 Å². The van der Waals surface area contributed by atoms with E-state index in [2.05, 4.69) is 4.98 Å². The zero-order valence-corrected chi connectivity index (χ0v) is 8.37. The first-order chi connectivity index (χ1) is 6.38. The van der Waals surface area contributed by atoms with Crippen molar-refractivity contribution >= 4 is 5.97 Å². The maximum absolute atomic E-state index is 12.7. The van der Waals surface area contributed by atoms with Crippen molar-refractivity contribution < 1.29 is 13.9 Å². The number of carbonyl (C=O) groups is 1. The molecule has 0 aliphatic rings. The highest BCUT2D eigenvalue weighted by atomic mass is 19.1. The van der Waals surface area contributed by atoms with E-state index in [0.29, 0.717) is 0 Å². The summed E-state index contributed by atoms with van der Waals surface area (Å²) in [5, 5.41) is 0. The van der Waals surface area contributed by atoms with E-state index in [0.717, 1.165) is 6.07 Å². The van der Waals surface area contributed by atoms with E-state index in [-0.39, 0.29) is 5.69 Å². The van der Waals surface area contributed by atoms with Crippen LogP contribution >= 0.6 is 0 Å². The molecular formula is C10H12FNO2. The lowest BCUT2D eigenvalue weighted by Gasteiger charge is -2.18. The molecule has 0 unspecified atom stereocenters. The Balaban J connectivity index is 2.80. The molecule has 0 amide bonds. The Labute approximate surface area is 81.9 Å². The minimum Gasteiger partial charge on any atom is -0.455 e. The van der Waals surface area contributed by atoms with Gasteiger partial charge in [0.2, 0.25) is 0 Å². The number of pyridine rings is 1. The predicted octanol–water partition coefficient (Wildman–Crippen LogP) is 2.18. The van der Waals surface area contributed by atoms with Crippen molar-refractivity contribution in [2.45, 2.75) is 26.4 Å². The molecule has 0 aromatic carbocycles. The molecule has 3 nitrogen and oxygen atoms in total. The Morgan fingerprint density at radius 3 is 2.64 bits per heavy atom. The second-order valence-corrected chi connectivity index (χ2v) is 3.86. The van der Waals surface area contributed by atoms with Crippen LogP contribution in [0, 0.1) is 5.82 Å². The number of halogens is 1. The molecule has 0 aliphatic heterocycles. The number of ether oxygens (including phenoxy) is 1. The van der Waals surface area contributed by atoms with Gasteiger partial charge in [0.25, 0.3) is 0 Å². The van der Waals surface area contributed by atoms with Gasteiger partial charge < -0.3 is 4.74 Å². The average Bonchev–Trinajstić information content (AvgIpc) is 2.01. The number of carbonyl (C=O) groups excluding carboxylic acids is 1. The molecule has 4 heteroatoms. The number of nitrogens with zero attached hydrogens (tertiary/aromatic N) is 1. The van der Waals surface area contributed by atoms with Crippen LogP contribution in [0.2, 0.25) is 0 Å². The first kappa shape index (κ1) is 10.6.